The molecule has 0 heterocycles. The van der Waals surface area contributed by atoms with Crippen molar-refractivity contribution in [2.75, 3.05) is 19.8 Å². The Morgan fingerprint density at radius 3 is 1.50 bits per heavy atom. The largest absolute Gasteiger partial charge is 0.465 e. The summed E-state index contributed by atoms with van der Waals surface area (Å²) < 4.78 is 16.1. The number of carbonyl (C=O) groups is 3. The molecule has 0 aromatic rings. The van der Waals surface area contributed by atoms with Crippen molar-refractivity contribution >= 4 is 17.9 Å². The number of ether oxygens (including phenoxy) is 3. The summed E-state index contributed by atoms with van der Waals surface area (Å²) in [6.45, 7) is 17.7. The maximum absolute atomic E-state index is 12.7. The lowest BCUT2D eigenvalue weighted by Crippen LogP contribution is -2.40. The molecule has 6 heteroatoms. The van der Waals surface area contributed by atoms with Crippen molar-refractivity contribution < 1.29 is 28.6 Å². The number of hydrogen-bond acceptors (Lipinski definition) is 6. The maximum Gasteiger partial charge on any atom is 0.309 e. The van der Waals surface area contributed by atoms with Crippen LogP contribution < -0.4 is 0 Å². The van der Waals surface area contributed by atoms with E-state index in [1.54, 1.807) is 0 Å². The lowest BCUT2D eigenvalue weighted by atomic mass is 9.74. The summed E-state index contributed by atoms with van der Waals surface area (Å²) in [4.78, 5) is 37.7. The van der Waals surface area contributed by atoms with Crippen LogP contribution in [-0.4, -0.2) is 37.7 Å². The van der Waals surface area contributed by atoms with Crippen LogP contribution in [0.3, 0.4) is 0 Å². The molecule has 0 aliphatic heterocycles. The Morgan fingerprint density at radius 2 is 1.07 bits per heavy atom. The molecule has 0 amide bonds. The van der Waals surface area contributed by atoms with Gasteiger partial charge in [-0.25, -0.2) is 0 Å². The van der Waals surface area contributed by atoms with Gasteiger partial charge in [-0.1, -0.05) is 16.7 Å². The van der Waals surface area contributed by atoms with Crippen LogP contribution in [-0.2, 0) is 28.6 Å². The van der Waals surface area contributed by atoms with Crippen molar-refractivity contribution in [3.63, 3.8) is 0 Å². The highest BCUT2D eigenvalue weighted by Crippen LogP contribution is 2.36. The van der Waals surface area contributed by atoms with E-state index in [9.17, 15) is 14.4 Å². The quantitative estimate of drug-likeness (QED) is 0.262. The molecule has 1 fully saturated rings. The highest BCUT2D eigenvalue weighted by molar-refractivity contribution is 5.83. The average molecular weight is 421 g/mol. The Labute approximate surface area is 180 Å². The van der Waals surface area contributed by atoms with Crippen molar-refractivity contribution in [2.45, 2.75) is 59.3 Å². The van der Waals surface area contributed by atoms with Gasteiger partial charge in [0.1, 0.15) is 0 Å². The van der Waals surface area contributed by atoms with E-state index in [-0.39, 0.29) is 32.2 Å². The third-order valence-electron chi connectivity index (χ3n) is 5.11. The summed E-state index contributed by atoms with van der Waals surface area (Å²) in [5.74, 6) is -3.02. The number of hydrogen-bond donors (Lipinski definition) is 0. The first-order chi connectivity index (χ1) is 14.1. The third-order valence-corrected chi connectivity index (χ3v) is 5.11. The first kappa shape index (κ1) is 25.7. The predicted octanol–water partition coefficient (Wildman–Crippen LogP) is 4.55. The van der Waals surface area contributed by atoms with E-state index in [0.29, 0.717) is 32.1 Å². The Balaban J connectivity index is 2.77. The fourth-order valence-electron chi connectivity index (χ4n) is 3.24. The van der Waals surface area contributed by atoms with Crippen LogP contribution in [0.1, 0.15) is 59.3 Å². The van der Waals surface area contributed by atoms with Gasteiger partial charge in [0.05, 0.1) is 37.6 Å². The van der Waals surface area contributed by atoms with Crippen LogP contribution in [0.4, 0.5) is 0 Å². The van der Waals surface area contributed by atoms with Gasteiger partial charge in [0.25, 0.3) is 0 Å². The Bertz CT molecular complexity index is 663. The highest BCUT2D eigenvalue weighted by atomic mass is 16.5. The summed E-state index contributed by atoms with van der Waals surface area (Å²) in [6, 6.07) is 0. The van der Waals surface area contributed by atoms with Crippen LogP contribution in [0.2, 0.25) is 0 Å². The van der Waals surface area contributed by atoms with Crippen LogP contribution >= 0.6 is 0 Å². The first-order valence-electron chi connectivity index (χ1n) is 10.5. The van der Waals surface area contributed by atoms with Gasteiger partial charge in [0, 0.05) is 19.3 Å². The van der Waals surface area contributed by atoms with Crippen molar-refractivity contribution in [3.8, 4) is 0 Å². The van der Waals surface area contributed by atoms with Crippen molar-refractivity contribution in [3.05, 3.63) is 36.5 Å². The highest BCUT2D eigenvalue weighted by Gasteiger charge is 2.43. The number of carbonyl (C=O) groups excluding carboxylic acids is 3. The van der Waals surface area contributed by atoms with E-state index in [2.05, 4.69) is 19.7 Å². The van der Waals surface area contributed by atoms with Gasteiger partial charge in [-0.3, -0.25) is 14.4 Å². The molecule has 3 unspecified atom stereocenters. The van der Waals surface area contributed by atoms with Crippen LogP contribution in [0.25, 0.3) is 0 Å². The second-order valence-electron chi connectivity index (χ2n) is 8.35. The zero-order valence-electron chi connectivity index (χ0n) is 18.7. The van der Waals surface area contributed by atoms with Gasteiger partial charge >= 0.3 is 17.9 Å². The van der Waals surface area contributed by atoms with E-state index in [1.165, 1.54) is 0 Å². The van der Waals surface area contributed by atoms with Crippen LogP contribution in [0.5, 0.6) is 0 Å². The Morgan fingerprint density at radius 1 is 0.667 bits per heavy atom. The molecule has 0 spiro atoms. The molecule has 3 atom stereocenters. The molecule has 30 heavy (non-hydrogen) atoms. The first-order valence-corrected chi connectivity index (χ1v) is 10.5. The minimum absolute atomic E-state index is 0.204. The van der Waals surface area contributed by atoms with Gasteiger partial charge < -0.3 is 14.2 Å². The molecule has 6 nitrogen and oxygen atoms in total. The molecule has 0 aromatic carbocycles. The maximum atomic E-state index is 12.7. The van der Waals surface area contributed by atoms with Crippen molar-refractivity contribution in [2.24, 2.45) is 17.8 Å². The molecule has 0 bridgehead atoms. The molecule has 1 saturated carbocycles. The molecule has 0 N–H and O–H groups in total. The average Bonchev–Trinajstić information content (AvgIpc) is 2.66. The Hall–Kier alpha value is -2.37. The Kier molecular flexibility index (Phi) is 11.2. The topological polar surface area (TPSA) is 78.9 Å². The van der Waals surface area contributed by atoms with Crippen LogP contribution in [0, 0.1) is 17.8 Å². The lowest BCUT2D eigenvalue weighted by molar-refractivity contribution is -0.166. The van der Waals surface area contributed by atoms with Gasteiger partial charge in [0.2, 0.25) is 0 Å². The SMILES string of the molecule is C=C(C)CCOC(=O)C1CCC(C(=O)OCCC(=C)C)C(C(=O)OCCC(=C)C)C1. The van der Waals surface area contributed by atoms with Gasteiger partial charge in [-0.15, -0.1) is 19.7 Å². The van der Waals surface area contributed by atoms with E-state index in [1.807, 2.05) is 20.8 Å². The summed E-state index contributed by atoms with van der Waals surface area (Å²) in [6.07, 6.45) is 2.80. The van der Waals surface area contributed by atoms with Gasteiger partial charge in [-0.05, 0) is 40.0 Å². The van der Waals surface area contributed by atoms with E-state index in [0.717, 1.165) is 16.7 Å². The smallest absolute Gasteiger partial charge is 0.309 e. The van der Waals surface area contributed by atoms with Gasteiger partial charge in [-0.2, -0.15) is 0 Å². The van der Waals surface area contributed by atoms with E-state index < -0.39 is 29.7 Å². The zero-order chi connectivity index (χ0) is 22.7. The standard InChI is InChI=1S/C24H36O6/c1-16(2)9-12-28-22(25)19-7-8-20(23(26)29-13-10-17(3)4)21(15-19)24(27)30-14-11-18(5)6/h19-21H,1,3,5,7-15H2,2,4,6H3. The molecule has 0 aromatic heterocycles. The summed E-state index contributed by atoms with van der Waals surface area (Å²) >= 11 is 0. The van der Waals surface area contributed by atoms with E-state index >= 15 is 0 Å². The number of esters is 3. The molecule has 168 valence electrons. The molecule has 1 aliphatic rings. The second-order valence-corrected chi connectivity index (χ2v) is 8.35. The fraction of sp³-hybridized carbons (Fsp3) is 0.625. The van der Waals surface area contributed by atoms with Crippen molar-refractivity contribution in [1.82, 2.24) is 0 Å². The zero-order valence-corrected chi connectivity index (χ0v) is 18.7. The number of rotatable bonds is 12. The molecular weight excluding hydrogens is 384 g/mol. The van der Waals surface area contributed by atoms with Crippen LogP contribution in [0.15, 0.2) is 36.5 Å². The molecule has 1 aliphatic carbocycles. The monoisotopic (exact) mass is 420 g/mol. The lowest BCUT2D eigenvalue weighted by Gasteiger charge is -2.32. The normalized spacial score (nSPS) is 20.7. The minimum atomic E-state index is -0.722. The summed E-state index contributed by atoms with van der Waals surface area (Å²) in [7, 11) is 0. The fourth-order valence-corrected chi connectivity index (χ4v) is 3.24. The molecule has 1 rings (SSSR count). The predicted molar refractivity (Wildman–Crippen MR) is 115 cm³/mol. The summed E-state index contributed by atoms with van der Waals surface area (Å²) in [5, 5.41) is 0. The third kappa shape index (κ3) is 9.42. The summed E-state index contributed by atoms with van der Waals surface area (Å²) in [5.41, 5.74) is 2.75. The molecule has 0 radical (unpaired) electrons. The van der Waals surface area contributed by atoms with E-state index in [4.69, 9.17) is 14.2 Å². The second kappa shape index (κ2) is 13.0. The van der Waals surface area contributed by atoms with Gasteiger partial charge in [0.15, 0.2) is 0 Å². The minimum Gasteiger partial charge on any atom is -0.465 e. The van der Waals surface area contributed by atoms with Crippen molar-refractivity contribution in [1.29, 1.82) is 0 Å². The molecule has 0 saturated heterocycles. The molecular formula is C24H36O6.